The number of rotatable bonds is 19. The van der Waals surface area contributed by atoms with Crippen LogP contribution >= 0.6 is 0 Å². The van der Waals surface area contributed by atoms with Crippen molar-refractivity contribution in [3.63, 3.8) is 0 Å². The van der Waals surface area contributed by atoms with Crippen molar-refractivity contribution >= 4 is 5.97 Å². The molecule has 0 fully saturated rings. The zero-order chi connectivity index (χ0) is 17.7. The summed E-state index contributed by atoms with van der Waals surface area (Å²) in [7, 11) is 0. The predicted molar refractivity (Wildman–Crippen MR) is 101 cm³/mol. The van der Waals surface area contributed by atoms with E-state index in [1.165, 1.54) is 57.8 Å². The smallest absolute Gasteiger partial charge is 0.305 e. The average Bonchev–Trinajstić information content (AvgIpc) is 2.59. The number of ether oxygens (including phenoxy) is 1. The molecule has 144 valence electrons. The van der Waals surface area contributed by atoms with E-state index in [0.29, 0.717) is 19.6 Å². The van der Waals surface area contributed by atoms with Crippen LogP contribution in [0.5, 0.6) is 0 Å². The maximum atomic E-state index is 11.6. The summed E-state index contributed by atoms with van der Waals surface area (Å²) in [6.07, 6.45) is 16.5. The van der Waals surface area contributed by atoms with Gasteiger partial charge in [0.05, 0.1) is 13.2 Å². The van der Waals surface area contributed by atoms with Gasteiger partial charge in [0, 0.05) is 13.0 Å². The van der Waals surface area contributed by atoms with Gasteiger partial charge in [-0.25, -0.2) is 0 Å². The first-order valence-electron chi connectivity index (χ1n) is 10.3. The Labute approximate surface area is 149 Å². The van der Waals surface area contributed by atoms with Gasteiger partial charge in [-0.3, -0.25) is 4.79 Å². The largest absolute Gasteiger partial charge is 0.466 e. The molecule has 4 nitrogen and oxygen atoms in total. The van der Waals surface area contributed by atoms with E-state index in [9.17, 15) is 4.79 Å². The molecule has 0 bridgehead atoms. The van der Waals surface area contributed by atoms with Crippen LogP contribution in [0, 0.1) is 0 Å². The Morgan fingerprint density at radius 1 is 0.792 bits per heavy atom. The van der Waals surface area contributed by atoms with E-state index >= 15 is 0 Å². The summed E-state index contributed by atoms with van der Waals surface area (Å²) in [4.78, 5) is 11.6. The average molecular weight is 344 g/mol. The van der Waals surface area contributed by atoms with E-state index in [1.807, 2.05) is 0 Å². The van der Waals surface area contributed by atoms with Crippen molar-refractivity contribution in [2.45, 2.75) is 96.8 Å². The van der Waals surface area contributed by atoms with E-state index in [2.05, 4.69) is 12.2 Å². The Bertz CT molecular complexity index is 259. The Morgan fingerprint density at radius 3 is 2.00 bits per heavy atom. The Morgan fingerprint density at radius 2 is 1.38 bits per heavy atom. The molecule has 0 aromatic carbocycles. The molecular weight excluding hydrogens is 302 g/mol. The van der Waals surface area contributed by atoms with Crippen molar-refractivity contribution in [2.75, 3.05) is 26.3 Å². The minimum atomic E-state index is -0.0470. The van der Waals surface area contributed by atoms with Gasteiger partial charge < -0.3 is 15.2 Å². The number of nitrogens with one attached hydrogen (secondary N) is 1. The highest BCUT2D eigenvalue weighted by Crippen LogP contribution is 2.10. The maximum absolute atomic E-state index is 11.6. The van der Waals surface area contributed by atoms with Gasteiger partial charge in [-0.05, 0) is 25.8 Å². The van der Waals surface area contributed by atoms with Gasteiger partial charge in [0.2, 0.25) is 0 Å². The Hall–Kier alpha value is -0.610. The summed E-state index contributed by atoms with van der Waals surface area (Å²) in [5, 5.41) is 11.8. The number of aliphatic hydroxyl groups excluding tert-OH is 1. The summed E-state index contributed by atoms with van der Waals surface area (Å²) < 4.78 is 5.27. The molecule has 0 aromatic heterocycles. The number of esters is 1. The molecule has 0 atom stereocenters. The number of aliphatic hydroxyl groups is 1. The third-order valence-corrected chi connectivity index (χ3v) is 4.28. The minimum absolute atomic E-state index is 0.0470. The standard InChI is InChI=1S/C20H41NO3/c1-2-3-4-5-6-7-8-9-10-14-19-24-20(23)15-12-11-13-16-21-17-18-22/h21-22H,2-19H2,1H3. The first-order chi connectivity index (χ1) is 11.8. The highest BCUT2D eigenvalue weighted by Gasteiger charge is 2.02. The molecule has 0 spiro atoms. The molecule has 4 heteroatoms. The third kappa shape index (κ3) is 19.4. The molecule has 0 aliphatic heterocycles. The van der Waals surface area contributed by atoms with Crippen molar-refractivity contribution in [3.05, 3.63) is 0 Å². The lowest BCUT2D eigenvalue weighted by molar-refractivity contribution is -0.143. The lowest BCUT2D eigenvalue weighted by Gasteiger charge is -2.06. The highest BCUT2D eigenvalue weighted by molar-refractivity contribution is 5.69. The van der Waals surface area contributed by atoms with E-state index in [1.54, 1.807) is 0 Å². The lowest BCUT2D eigenvalue weighted by Crippen LogP contribution is -2.19. The molecule has 24 heavy (non-hydrogen) atoms. The molecule has 0 aliphatic rings. The zero-order valence-electron chi connectivity index (χ0n) is 16.0. The van der Waals surface area contributed by atoms with Crippen LogP contribution < -0.4 is 5.32 Å². The first-order valence-corrected chi connectivity index (χ1v) is 10.3. The van der Waals surface area contributed by atoms with Crippen molar-refractivity contribution in [2.24, 2.45) is 0 Å². The van der Waals surface area contributed by atoms with Crippen LogP contribution in [0.2, 0.25) is 0 Å². The molecule has 0 rings (SSSR count). The molecule has 0 radical (unpaired) electrons. The SMILES string of the molecule is CCCCCCCCCCCCOC(=O)CCCCCNCCO. The summed E-state index contributed by atoms with van der Waals surface area (Å²) >= 11 is 0. The molecule has 0 unspecified atom stereocenters. The fraction of sp³-hybridized carbons (Fsp3) is 0.950. The molecule has 0 saturated heterocycles. The Balaban J connectivity index is 3.12. The van der Waals surface area contributed by atoms with Gasteiger partial charge in [-0.1, -0.05) is 71.1 Å². The summed E-state index contributed by atoms with van der Waals surface area (Å²) in [5.41, 5.74) is 0. The topological polar surface area (TPSA) is 58.6 Å². The Kier molecular flexibility index (Phi) is 19.9. The van der Waals surface area contributed by atoms with E-state index in [-0.39, 0.29) is 12.6 Å². The lowest BCUT2D eigenvalue weighted by atomic mass is 10.1. The number of unbranched alkanes of at least 4 members (excludes halogenated alkanes) is 11. The minimum Gasteiger partial charge on any atom is -0.466 e. The highest BCUT2D eigenvalue weighted by atomic mass is 16.5. The molecule has 0 amide bonds. The van der Waals surface area contributed by atoms with Crippen LogP contribution in [0.15, 0.2) is 0 Å². The fourth-order valence-corrected chi connectivity index (χ4v) is 2.75. The molecule has 2 N–H and O–H groups in total. The van der Waals surface area contributed by atoms with Crippen molar-refractivity contribution in [3.8, 4) is 0 Å². The molecule has 0 aliphatic carbocycles. The second kappa shape index (κ2) is 20.4. The maximum Gasteiger partial charge on any atom is 0.305 e. The second-order valence-electron chi connectivity index (χ2n) is 6.69. The van der Waals surface area contributed by atoms with Gasteiger partial charge in [-0.15, -0.1) is 0 Å². The van der Waals surface area contributed by atoms with Crippen LogP contribution in [0.3, 0.4) is 0 Å². The normalized spacial score (nSPS) is 10.9. The summed E-state index contributed by atoms with van der Waals surface area (Å²) in [6.45, 7) is 4.60. The third-order valence-electron chi connectivity index (χ3n) is 4.28. The predicted octanol–water partition coefficient (Wildman–Crippen LogP) is 4.59. The van der Waals surface area contributed by atoms with E-state index in [4.69, 9.17) is 9.84 Å². The van der Waals surface area contributed by atoms with Crippen molar-refractivity contribution < 1.29 is 14.6 Å². The number of hydrogen-bond acceptors (Lipinski definition) is 4. The van der Waals surface area contributed by atoms with Crippen LogP contribution in [0.25, 0.3) is 0 Å². The van der Waals surface area contributed by atoms with Crippen LogP contribution in [-0.4, -0.2) is 37.4 Å². The number of hydrogen-bond donors (Lipinski definition) is 2. The van der Waals surface area contributed by atoms with Gasteiger partial charge in [-0.2, -0.15) is 0 Å². The van der Waals surface area contributed by atoms with E-state index < -0.39 is 0 Å². The monoisotopic (exact) mass is 343 g/mol. The molecule has 0 heterocycles. The number of carbonyl (C=O) groups excluding carboxylic acids is 1. The van der Waals surface area contributed by atoms with Crippen molar-refractivity contribution in [1.29, 1.82) is 0 Å². The quantitative estimate of drug-likeness (QED) is 0.266. The second-order valence-corrected chi connectivity index (χ2v) is 6.69. The van der Waals surface area contributed by atoms with E-state index in [0.717, 1.165) is 32.2 Å². The summed E-state index contributed by atoms with van der Waals surface area (Å²) in [5.74, 6) is -0.0470. The molecule has 0 aromatic rings. The fourth-order valence-electron chi connectivity index (χ4n) is 2.75. The summed E-state index contributed by atoms with van der Waals surface area (Å²) in [6, 6.07) is 0. The first kappa shape index (κ1) is 23.4. The van der Waals surface area contributed by atoms with Gasteiger partial charge in [0.1, 0.15) is 0 Å². The van der Waals surface area contributed by atoms with Crippen LogP contribution in [0.1, 0.15) is 96.8 Å². The molecule has 0 saturated carbocycles. The van der Waals surface area contributed by atoms with Crippen LogP contribution in [0.4, 0.5) is 0 Å². The van der Waals surface area contributed by atoms with Gasteiger partial charge >= 0.3 is 5.97 Å². The zero-order valence-corrected chi connectivity index (χ0v) is 16.0. The molecular formula is C20H41NO3. The van der Waals surface area contributed by atoms with Crippen LogP contribution in [-0.2, 0) is 9.53 Å². The van der Waals surface area contributed by atoms with Gasteiger partial charge in [0.15, 0.2) is 0 Å². The van der Waals surface area contributed by atoms with Gasteiger partial charge in [0.25, 0.3) is 0 Å². The number of carbonyl (C=O) groups is 1. The van der Waals surface area contributed by atoms with Crippen molar-refractivity contribution in [1.82, 2.24) is 5.32 Å².